The lowest BCUT2D eigenvalue weighted by Crippen LogP contribution is -2.52. The second-order valence-corrected chi connectivity index (χ2v) is 21.0. The van der Waals surface area contributed by atoms with Crippen molar-refractivity contribution in [3.05, 3.63) is 246 Å². The molecule has 0 radical (unpaired) electrons. The maximum Gasteiger partial charge on any atom is 0.241 e. The van der Waals surface area contributed by atoms with Crippen molar-refractivity contribution in [2.45, 2.75) is 64.7 Å². The van der Waals surface area contributed by atoms with E-state index in [9.17, 15) is 0 Å². The van der Waals surface area contributed by atoms with Gasteiger partial charge in [0, 0.05) is 39.2 Å². The first-order valence-corrected chi connectivity index (χ1v) is 24.4. The van der Waals surface area contributed by atoms with Crippen molar-refractivity contribution < 1.29 is 0 Å². The number of benzene rings is 8. The Morgan fingerprint density at radius 3 is 1.57 bits per heavy atom. The van der Waals surface area contributed by atoms with E-state index in [2.05, 4.69) is 275 Å². The summed E-state index contributed by atoms with van der Waals surface area (Å²) in [4.78, 5) is 10.0. The van der Waals surface area contributed by atoms with Crippen LogP contribution in [-0.2, 0) is 16.2 Å². The summed E-state index contributed by atoms with van der Waals surface area (Å²) < 4.78 is 2.36. The van der Waals surface area contributed by atoms with Gasteiger partial charge in [0.05, 0.1) is 22.4 Å². The predicted molar refractivity (Wildman–Crippen MR) is 294 cm³/mol. The number of nitrogens with zero attached hydrogens (tertiary/aromatic N) is 4. The quantitative estimate of drug-likeness (QED) is 0.128. The van der Waals surface area contributed by atoms with Crippen LogP contribution >= 0.6 is 0 Å². The second-order valence-electron chi connectivity index (χ2n) is 21.0. The van der Waals surface area contributed by atoms with E-state index in [0.29, 0.717) is 6.67 Å². The van der Waals surface area contributed by atoms with Gasteiger partial charge in [0.1, 0.15) is 12.5 Å². The standard InChI is InChI=1S/C64H59BN4/c1-62(2,3)47-36-37-66-61(41-47)69-57-31-18-17-30-55(57)56-35-34-52(43-60(56)69)65(50-26-15-10-16-27-50)51-28-21-29-53(42-51)67-44-68(59-33-20-19-32-58(59)67)54-39-48(63(4,5)45-22-11-8-12-23-45)38-49(40-54)64(6,7)46-24-13-9-14-25-46/h8-43H,44H2,1-7H3. The van der Waals surface area contributed by atoms with Crippen molar-refractivity contribution in [1.82, 2.24) is 9.55 Å². The Kier molecular flexibility index (Phi) is 10.9. The average molecular weight is 895 g/mol. The molecule has 0 N–H and O–H groups in total. The van der Waals surface area contributed by atoms with Crippen LogP contribution in [0.5, 0.6) is 0 Å². The summed E-state index contributed by atoms with van der Waals surface area (Å²) in [6.07, 6.45) is 1.96. The van der Waals surface area contributed by atoms with Crippen LogP contribution in [0.15, 0.2) is 219 Å². The van der Waals surface area contributed by atoms with Crippen molar-refractivity contribution in [3.8, 4) is 5.82 Å². The molecular formula is C64H59BN4. The number of pyridine rings is 1. The highest BCUT2D eigenvalue weighted by atomic mass is 15.4. The highest BCUT2D eigenvalue weighted by Crippen LogP contribution is 2.47. The van der Waals surface area contributed by atoms with Gasteiger partial charge in [-0.1, -0.05) is 217 Å². The number of hydrogen-bond donors (Lipinski definition) is 0. The zero-order chi connectivity index (χ0) is 47.5. The summed E-state index contributed by atoms with van der Waals surface area (Å²) in [7, 11) is 0. The topological polar surface area (TPSA) is 24.3 Å². The maximum absolute atomic E-state index is 5.00. The Bertz CT molecular complexity index is 3410. The lowest BCUT2D eigenvalue weighted by Gasteiger charge is -2.33. The zero-order valence-electron chi connectivity index (χ0n) is 40.9. The summed E-state index contributed by atoms with van der Waals surface area (Å²) in [5.74, 6) is 0.936. The van der Waals surface area contributed by atoms with Gasteiger partial charge in [0.25, 0.3) is 0 Å². The van der Waals surface area contributed by atoms with Crippen molar-refractivity contribution in [3.63, 3.8) is 0 Å². The smallest absolute Gasteiger partial charge is 0.241 e. The summed E-state index contributed by atoms with van der Waals surface area (Å²) in [5.41, 5.74) is 16.7. The molecule has 1 aliphatic heterocycles. The summed E-state index contributed by atoms with van der Waals surface area (Å²) in [5, 5.41) is 2.45. The number of anilines is 4. The van der Waals surface area contributed by atoms with Crippen LogP contribution in [0, 0.1) is 0 Å². The van der Waals surface area contributed by atoms with E-state index in [1.54, 1.807) is 0 Å². The molecule has 0 saturated heterocycles. The third kappa shape index (κ3) is 7.90. The SMILES string of the molecule is CC(C)(C)c1ccnc(-n2c3ccccc3c3ccc(B(c4ccccc4)c4cccc(N5CN(c6cc(C(C)(C)c7ccccc7)cc(C(C)(C)c7ccccc7)c6)c6ccccc65)c4)cc32)c1. The molecule has 0 bridgehead atoms. The first kappa shape index (κ1) is 43.9. The molecule has 0 aliphatic carbocycles. The molecule has 338 valence electrons. The number of fused-ring (bicyclic) bond motifs is 4. The predicted octanol–water partition coefficient (Wildman–Crippen LogP) is 13.9. The van der Waals surface area contributed by atoms with Crippen LogP contribution in [-0.4, -0.2) is 22.9 Å². The van der Waals surface area contributed by atoms with E-state index in [-0.39, 0.29) is 23.0 Å². The molecule has 5 heteroatoms. The largest absolute Gasteiger partial charge is 0.321 e. The summed E-state index contributed by atoms with van der Waals surface area (Å²) >= 11 is 0. The van der Waals surface area contributed by atoms with Gasteiger partial charge in [0.15, 0.2) is 0 Å². The highest BCUT2D eigenvalue weighted by Gasteiger charge is 2.34. The van der Waals surface area contributed by atoms with Crippen molar-refractivity contribution in [1.29, 1.82) is 0 Å². The van der Waals surface area contributed by atoms with Crippen LogP contribution in [0.1, 0.15) is 76.3 Å². The molecule has 69 heavy (non-hydrogen) atoms. The van der Waals surface area contributed by atoms with E-state index in [0.717, 1.165) is 22.5 Å². The van der Waals surface area contributed by atoms with Gasteiger partial charge in [-0.2, -0.15) is 0 Å². The molecule has 0 unspecified atom stereocenters. The molecule has 1 aliphatic rings. The van der Waals surface area contributed by atoms with Crippen molar-refractivity contribution >= 4 is 67.7 Å². The van der Waals surface area contributed by atoms with E-state index in [1.807, 2.05) is 6.20 Å². The first-order valence-electron chi connectivity index (χ1n) is 24.4. The molecule has 0 atom stereocenters. The van der Waals surface area contributed by atoms with E-state index in [4.69, 9.17) is 4.98 Å². The minimum absolute atomic E-state index is 0.0105. The first-order chi connectivity index (χ1) is 33.4. The molecule has 0 saturated carbocycles. The Morgan fingerprint density at radius 2 is 0.928 bits per heavy atom. The van der Waals surface area contributed by atoms with E-state index >= 15 is 0 Å². The van der Waals surface area contributed by atoms with Crippen LogP contribution in [0.4, 0.5) is 22.7 Å². The van der Waals surface area contributed by atoms with Gasteiger partial charge in [-0.3, -0.25) is 4.57 Å². The van der Waals surface area contributed by atoms with Gasteiger partial charge in [0.2, 0.25) is 6.71 Å². The summed E-state index contributed by atoms with van der Waals surface area (Å²) in [6, 6.07) is 78.6. The molecule has 0 fully saturated rings. The molecule has 3 heterocycles. The van der Waals surface area contributed by atoms with E-state index < -0.39 is 0 Å². The Labute approximate surface area is 408 Å². The van der Waals surface area contributed by atoms with Crippen LogP contribution in [0.25, 0.3) is 27.6 Å². The maximum atomic E-state index is 5.00. The second kappa shape index (κ2) is 17.2. The van der Waals surface area contributed by atoms with Crippen molar-refractivity contribution in [2.75, 3.05) is 16.5 Å². The number of aromatic nitrogens is 2. The third-order valence-electron chi connectivity index (χ3n) is 14.9. The molecule has 11 rings (SSSR count). The Hall–Kier alpha value is -7.63. The molecule has 2 aromatic heterocycles. The zero-order valence-corrected chi connectivity index (χ0v) is 40.9. The van der Waals surface area contributed by atoms with Crippen LogP contribution < -0.4 is 26.2 Å². The van der Waals surface area contributed by atoms with Crippen molar-refractivity contribution in [2.24, 2.45) is 0 Å². The third-order valence-corrected chi connectivity index (χ3v) is 14.9. The van der Waals surface area contributed by atoms with Gasteiger partial charge >= 0.3 is 0 Å². The van der Waals surface area contributed by atoms with Crippen LogP contribution in [0.2, 0.25) is 0 Å². The fourth-order valence-corrected chi connectivity index (χ4v) is 10.7. The number of para-hydroxylation sites is 3. The Balaban J connectivity index is 1.03. The summed E-state index contributed by atoms with van der Waals surface area (Å²) in [6.45, 7) is 16.9. The molecule has 8 aromatic carbocycles. The number of rotatable bonds is 10. The molecule has 0 amide bonds. The van der Waals surface area contributed by atoms with Gasteiger partial charge in [-0.05, 0) is 93.9 Å². The normalized spacial score (nSPS) is 13.0. The fraction of sp³-hybridized carbons (Fsp3) is 0.172. The fourth-order valence-electron chi connectivity index (χ4n) is 10.7. The lowest BCUT2D eigenvalue weighted by atomic mass is 9.37. The van der Waals surface area contributed by atoms with Gasteiger partial charge in [-0.15, -0.1) is 0 Å². The van der Waals surface area contributed by atoms with E-state index in [1.165, 1.54) is 72.0 Å². The van der Waals surface area contributed by atoms with Gasteiger partial charge < -0.3 is 9.80 Å². The average Bonchev–Trinajstić information content (AvgIpc) is 3.93. The monoisotopic (exact) mass is 894 g/mol. The Morgan fingerprint density at radius 1 is 0.391 bits per heavy atom. The molecule has 10 aromatic rings. The van der Waals surface area contributed by atoms with Crippen LogP contribution in [0.3, 0.4) is 0 Å². The minimum Gasteiger partial charge on any atom is -0.321 e. The molecule has 0 spiro atoms. The van der Waals surface area contributed by atoms with Gasteiger partial charge in [-0.25, -0.2) is 4.98 Å². The number of hydrogen-bond acceptors (Lipinski definition) is 3. The lowest BCUT2D eigenvalue weighted by molar-refractivity contribution is 0.588. The molecule has 4 nitrogen and oxygen atoms in total. The highest BCUT2D eigenvalue weighted by molar-refractivity contribution is 6.95. The minimum atomic E-state index is -0.233. The molecular weight excluding hydrogens is 836 g/mol.